The van der Waals surface area contributed by atoms with Crippen molar-refractivity contribution in [3.05, 3.63) is 29.0 Å². The average Bonchev–Trinajstić information content (AvgIpc) is 2.15. The van der Waals surface area contributed by atoms with Crippen molar-refractivity contribution in [2.45, 2.75) is 31.5 Å². The van der Waals surface area contributed by atoms with Crippen molar-refractivity contribution in [2.75, 3.05) is 0 Å². The van der Waals surface area contributed by atoms with Crippen LogP contribution in [0.3, 0.4) is 0 Å². The Morgan fingerprint density at radius 2 is 2.12 bits per heavy atom. The van der Waals surface area contributed by atoms with Crippen LogP contribution in [0.15, 0.2) is 18.3 Å². The van der Waals surface area contributed by atoms with E-state index in [1.165, 1.54) is 18.3 Å². The molecular formula is C10H11ClF3NO. The van der Waals surface area contributed by atoms with E-state index in [4.69, 9.17) is 11.6 Å². The summed E-state index contributed by atoms with van der Waals surface area (Å²) in [5.41, 5.74) is 0.488. The number of alkyl halides is 3. The third-order valence-corrected chi connectivity index (χ3v) is 2.28. The second-order valence-electron chi connectivity index (χ2n) is 3.44. The van der Waals surface area contributed by atoms with Gasteiger partial charge in [0.05, 0.1) is 6.10 Å². The van der Waals surface area contributed by atoms with Gasteiger partial charge in [0, 0.05) is 12.6 Å². The smallest absolute Gasteiger partial charge is 0.388 e. The average molecular weight is 254 g/mol. The van der Waals surface area contributed by atoms with Gasteiger partial charge >= 0.3 is 6.18 Å². The highest BCUT2D eigenvalue weighted by molar-refractivity contribution is 6.29. The zero-order chi connectivity index (χ0) is 12.2. The number of aromatic nitrogens is 1. The molecule has 1 N–H and O–H groups in total. The lowest BCUT2D eigenvalue weighted by atomic mass is 10.1. The fraction of sp³-hybridized carbons (Fsp3) is 0.500. The minimum atomic E-state index is -4.17. The number of hydrogen-bond donors (Lipinski definition) is 1. The molecular weight excluding hydrogens is 243 g/mol. The maximum atomic E-state index is 11.9. The van der Waals surface area contributed by atoms with Gasteiger partial charge in [-0.05, 0) is 30.5 Å². The zero-order valence-electron chi connectivity index (χ0n) is 8.34. The molecule has 1 unspecified atom stereocenters. The van der Waals surface area contributed by atoms with Crippen LogP contribution in [0.1, 0.15) is 30.9 Å². The standard InChI is InChI=1S/C10H11ClF3NO/c11-9-6-7(3-5-15-9)8(16)2-1-4-10(12,13)14/h3,5-6,8,16H,1-2,4H2. The first kappa shape index (κ1) is 13.3. The summed E-state index contributed by atoms with van der Waals surface area (Å²) in [6.45, 7) is 0. The summed E-state index contributed by atoms with van der Waals surface area (Å²) in [5.74, 6) is 0. The Morgan fingerprint density at radius 1 is 1.44 bits per heavy atom. The van der Waals surface area contributed by atoms with Crippen molar-refractivity contribution in [1.82, 2.24) is 4.98 Å². The van der Waals surface area contributed by atoms with Crippen LogP contribution < -0.4 is 0 Å². The van der Waals surface area contributed by atoms with Gasteiger partial charge in [-0.25, -0.2) is 4.98 Å². The van der Waals surface area contributed by atoms with Crippen LogP contribution in [-0.4, -0.2) is 16.3 Å². The van der Waals surface area contributed by atoms with Crippen LogP contribution in [0.4, 0.5) is 13.2 Å². The Bertz CT molecular complexity index is 343. The van der Waals surface area contributed by atoms with Gasteiger partial charge in [0.25, 0.3) is 0 Å². The number of nitrogens with zero attached hydrogens (tertiary/aromatic N) is 1. The maximum Gasteiger partial charge on any atom is 0.389 e. The highest BCUT2D eigenvalue weighted by Crippen LogP contribution is 2.26. The third-order valence-electron chi connectivity index (χ3n) is 2.07. The fourth-order valence-corrected chi connectivity index (χ4v) is 1.47. The van der Waals surface area contributed by atoms with E-state index in [1.54, 1.807) is 0 Å². The lowest BCUT2D eigenvalue weighted by molar-refractivity contribution is -0.136. The van der Waals surface area contributed by atoms with E-state index < -0.39 is 18.7 Å². The number of aliphatic hydroxyl groups is 1. The predicted molar refractivity (Wildman–Crippen MR) is 54.1 cm³/mol. The van der Waals surface area contributed by atoms with Crippen molar-refractivity contribution in [3.63, 3.8) is 0 Å². The van der Waals surface area contributed by atoms with Crippen LogP contribution in [0.25, 0.3) is 0 Å². The molecule has 0 radical (unpaired) electrons. The molecule has 1 rings (SSSR count). The Morgan fingerprint density at radius 3 is 2.69 bits per heavy atom. The summed E-state index contributed by atoms with van der Waals surface area (Å²) in [5, 5.41) is 9.80. The van der Waals surface area contributed by atoms with Crippen LogP contribution in [-0.2, 0) is 0 Å². The van der Waals surface area contributed by atoms with Gasteiger partial charge in [0.15, 0.2) is 0 Å². The van der Waals surface area contributed by atoms with Crippen molar-refractivity contribution < 1.29 is 18.3 Å². The summed E-state index contributed by atoms with van der Waals surface area (Å²) in [4.78, 5) is 3.72. The van der Waals surface area contributed by atoms with E-state index in [2.05, 4.69) is 4.98 Å². The lowest BCUT2D eigenvalue weighted by Gasteiger charge is -2.11. The number of pyridine rings is 1. The quantitative estimate of drug-likeness (QED) is 0.833. The Labute approximate surface area is 96.1 Å². The second kappa shape index (κ2) is 5.50. The van der Waals surface area contributed by atoms with Crippen LogP contribution in [0.2, 0.25) is 5.15 Å². The van der Waals surface area contributed by atoms with Gasteiger partial charge in [-0.2, -0.15) is 13.2 Å². The number of halogens is 4. The lowest BCUT2D eigenvalue weighted by Crippen LogP contribution is -2.08. The molecule has 1 aromatic rings. The first-order valence-corrected chi connectivity index (χ1v) is 5.12. The normalized spacial score (nSPS) is 13.8. The Hall–Kier alpha value is -0.810. The summed E-state index contributed by atoms with van der Waals surface area (Å²) in [6.07, 6.45) is -4.63. The summed E-state index contributed by atoms with van der Waals surface area (Å²) in [6, 6.07) is 2.98. The van der Waals surface area contributed by atoms with Crippen LogP contribution in [0, 0.1) is 0 Å². The summed E-state index contributed by atoms with van der Waals surface area (Å²) in [7, 11) is 0. The number of hydrogen-bond acceptors (Lipinski definition) is 2. The van der Waals surface area contributed by atoms with Gasteiger partial charge in [-0.15, -0.1) is 0 Å². The monoisotopic (exact) mass is 253 g/mol. The molecule has 1 atom stereocenters. The molecule has 16 heavy (non-hydrogen) atoms. The van der Waals surface area contributed by atoms with Crippen LogP contribution >= 0.6 is 11.6 Å². The molecule has 0 aromatic carbocycles. The fourth-order valence-electron chi connectivity index (χ4n) is 1.29. The highest BCUT2D eigenvalue weighted by Gasteiger charge is 2.26. The van der Waals surface area contributed by atoms with Gasteiger partial charge in [0.1, 0.15) is 5.15 Å². The molecule has 2 nitrogen and oxygen atoms in total. The molecule has 0 bridgehead atoms. The first-order valence-electron chi connectivity index (χ1n) is 4.75. The van der Waals surface area contributed by atoms with E-state index >= 15 is 0 Å². The molecule has 0 aliphatic carbocycles. The molecule has 0 aliphatic heterocycles. The van der Waals surface area contributed by atoms with Crippen molar-refractivity contribution in [3.8, 4) is 0 Å². The number of aliphatic hydroxyl groups excluding tert-OH is 1. The zero-order valence-corrected chi connectivity index (χ0v) is 9.09. The molecule has 0 fully saturated rings. The van der Waals surface area contributed by atoms with Crippen molar-refractivity contribution in [1.29, 1.82) is 0 Å². The SMILES string of the molecule is OC(CCCC(F)(F)F)c1ccnc(Cl)c1. The molecule has 6 heteroatoms. The van der Waals surface area contributed by atoms with Crippen molar-refractivity contribution >= 4 is 11.6 Å². The molecule has 0 aliphatic rings. The van der Waals surface area contributed by atoms with E-state index in [1.807, 2.05) is 0 Å². The Balaban J connectivity index is 2.44. The minimum Gasteiger partial charge on any atom is -0.388 e. The topological polar surface area (TPSA) is 33.1 Å². The number of rotatable bonds is 4. The third kappa shape index (κ3) is 4.81. The first-order chi connectivity index (χ1) is 7.38. The molecule has 1 aromatic heterocycles. The molecule has 1 heterocycles. The highest BCUT2D eigenvalue weighted by atomic mass is 35.5. The summed E-state index contributed by atoms with van der Waals surface area (Å²) >= 11 is 5.59. The van der Waals surface area contributed by atoms with E-state index in [0.717, 1.165) is 0 Å². The van der Waals surface area contributed by atoms with E-state index in [0.29, 0.717) is 5.56 Å². The molecule has 0 amide bonds. The van der Waals surface area contributed by atoms with E-state index in [-0.39, 0.29) is 18.0 Å². The minimum absolute atomic E-state index is 0.0554. The molecule has 0 spiro atoms. The van der Waals surface area contributed by atoms with Gasteiger partial charge < -0.3 is 5.11 Å². The van der Waals surface area contributed by atoms with E-state index in [9.17, 15) is 18.3 Å². The summed E-state index contributed by atoms with van der Waals surface area (Å²) < 4.78 is 35.6. The van der Waals surface area contributed by atoms with Gasteiger partial charge in [-0.3, -0.25) is 0 Å². The largest absolute Gasteiger partial charge is 0.389 e. The second-order valence-corrected chi connectivity index (χ2v) is 3.82. The van der Waals surface area contributed by atoms with Gasteiger partial charge in [-0.1, -0.05) is 11.6 Å². The molecule has 90 valence electrons. The molecule has 0 saturated carbocycles. The maximum absolute atomic E-state index is 11.9. The van der Waals surface area contributed by atoms with Crippen molar-refractivity contribution in [2.24, 2.45) is 0 Å². The predicted octanol–water partition coefficient (Wildman–Crippen LogP) is 3.50. The van der Waals surface area contributed by atoms with Crippen LogP contribution in [0.5, 0.6) is 0 Å². The van der Waals surface area contributed by atoms with Gasteiger partial charge in [0.2, 0.25) is 0 Å². The Kier molecular flexibility index (Phi) is 4.56. The molecule has 0 saturated heterocycles.